The summed E-state index contributed by atoms with van der Waals surface area (Å²) in [5.41, 5.74) is 8.68. The van der Waals surface area contributed by atoms with E-state index in [1.807, 2.05) is 12.1 Å². The molecule has 0 aliphatic heterocycles. The molecule has 5 N–H and O–H groups in total. The Morgan fingerprint density at radius 1 is 1.45 bits per heavy atom. The number of carbonyl (C=O) groups is 1. The van der Waals surface area contributed by atoms with Gasteiger partial charge < -0.3 is 21.3 Å². The highest BCUT2D eigenvalue weighted by molar-refractivity contribution is 5.86. The summed E-state index contributed by atoms with van der Waals surface area (Å²) in [5.74, 6) is -0.0253. The van der Waals surface area contributed by atoms with Gasteiger partial charge in [-0.25, -0.2) is 0 Å². The molecule has 3 unspecified atom stereocenters. The molecule has 5 nitrogen and oxygen atoms in total. The van der Waals surface area contributed by atoms with Crippen LogP contribution in [0.3, 0.4) is 0 Å². The normalized spacial score (nSPS) is 15.0. The SMILES string of the molecule is C=CC(=O)NCC(N)c1c(C(C)CC)cccc1C(O)CO. The number of hydrogen-bond acceptors (Lipinski definition) is 4. The van der Waals surface area contributed by atoms with E-state index in [2.05, 4.69) is 25.7 Å². The molecule has 1 aromatic carbocycles. The van der Waals surface area contributed by atoms with Gasteiger partial charge in [0.05, 0.1) is 6.61 Å². The van der Waals surface area contributed by atoms with E-state index in [4.69, 9.17) is 5.73 Å². The summed E-state index contributed by atoms with van der Waals surface area (Å²) < 4.78 is 0. The van der Waals surface area contributed by atoms with Crippen LogP contribution in [-0.4, -0.2) is 29.3 Å². The van der Waals surface area contributed by atoms with E-state index in [1.165, 1.54) is 6.08 Å². The molecule has 1 aromatic rings. The summed E-state index contributed by atoms with van der Waals surface area (Å²) in [6.45, 7) is 7.43. The van der Waals surface area contributed by atoms with E-state index >= 15 is 0 Å². The van der Waals surface area contributed by atoms with Crippen LogP contribution in [0, 0.1) is 0 Å². The van der Waals surface area contributed by atoms with Gasteiger partial charge in [0.15, 0.2) is 0 Å². The number of aliphatic hydroxyl groups is 2. The van der Waals surface area contributed by atoms with E-state index in [0.29, 0.717) is 5.56 Å². The number of benzene rings is 1. The number of amides is 1. The first-order valence-electron chi connectivity index (χ1n) is 7.53. The number of nitrogens with two attached hydrogens (primary N) is 1. The van der Waals surface area contributed by atoms with Crippen LogP contribution in [0.5, 0.6) is 0 Å². The van der Waals surface area contributed by atoms with Gasteiger partial charge in [-0.3, -0.25) is 4.79 Å². The zero-order valence-corrected chi connectivity index (χ0v) is 13.2. The standard InChI is InChI=1S/C17H26N2O3/c1-4-11(3)12-7-6-8-13(15(21)10-20)17(12)14(18)9-19-16(22)5-2/h5-8,11,14-15,20-21H,2,4,9-10,18H2,1,3H3,(H,19,22). The Kier molecular flexibility index (Phi) is 7.24. The Balaban J connectivity index is 3.20. The molecule has 22 heavy (non-hydrogen) atoms. The van der Waals surface area contributed by atoms with Gasteiger partial charge >= 0.3 is 0 Å². The molecule has 3 atom stereocenters. The van der Waals surface area contributed by atoms with Crippen LogP contribution in [0.2, 0.25) is 0 Å². The van der Waals surface area contributed by atoms with Crippen LogP contribution in [0.4, 0.5) is 0 Å². The first-order chi connectivity index (χ1) is 10.5. The zero-order valence-electron chi connectivity index (χ0n) is 13.2. The van der Waals surface area contributed by atoms with Crippen LogP contribution in [0.1, 0.15) is 55.0 Å². The second-order valence-electron chi connectivity index (χ2n) is 5.41. The Labute approximate surface area is 131 Å². The lowest BCUT2D eigenvalue weighted by atomic mass is 9.85. The van der Waals surface area contributed by atoms with Crippen LogP contribution in [-0.2, 0) is 4.79 Å². The van der Waals surface area contributed by atoms with E-state index in [0.717, 1.165) is 17.5 Å². The molecule has 122 valence electrons. The van der Waals surface area contributed by atoms with Gasteiger partial charge in [0.25, 0.3) is 0 Å². The average molecular weight is 306 g/mol. The maximum absolute atomic E-state index is 11.3. The van der Waals surface area contributed by atoms with Gasteiger partial charge in [-0.05, 0) is 35.1 Å². The highest BCUT2D eigenvalue weighted by atomic mass is 16.3. The second kappa shape index (κ2) is 8.68. The minimum atomic E-state index is -0.986. The van der Waals surface area contributed by atoms with Crippen molar-refractivity contribution in [3.63, 3.8) is 0 Å². The van der Waals surface area contributed by atoms with Crippen LogP contribution in [0.15, 0.2) is 30.9 Å². The molecular weight excluding hydrogens is 280 g/mol. The Hall–Kier alpha value is -1.69. The van der Waals surface area contributed by atoms with E-state index < -0.39 is 12.1 Å². The highest BCUT2D eigenvalue weighted by Gasteiger charge is 2.22. The van der Waals surface area contributed by atoms with Crippen molar-refractivity contribution in [3.05, 3.63) is 47.5 Å². The van der Waals surface area contributed by atoms with Gasteiger partial charge in [-0.1, -0.05) is 38.6 Å². The predicted molar refractivity (Wildman–Crippen MR) is 87.3 cm³/mol. The number of carbonyl (C=O) groups excluding carboxylic acids is 1. The molecule has 1 rings (SSSR count). The molecule has 1 amide bonds. The maximum atomic E-state index is 11.3. The smallest absolute Gasteiger partial charge is 0.243 e. The lowest BCUT2D eigenvalue weighted by Gasteiger charge is -2.25. The summed E-state index contributed by atoms with van der Waals surface area (Å²) in [4.78, 5) is 11.3. The lowest BCUT2D eigenvalue weighted by Crippen LogP contribution is -2.32. The highest BCUT2D eigenvalue weighted by Crippen LogP contribution is 2.32. The lowest BCUT2D eigenvalue weighted by molar-refractivity contribution is -0.116. The summed E-state index contributed by atoms with van der Waals surface area (Å²) >= 11 is 0. The molecule has 0 saturated heterocycles. The summed E-state index contributed by atoms with van der Waals surface area (Å²) in [7, 11) is 0. The van der Waals surface area contributed by atoms with Crippen molar-refractivity contribution >= 4 is 5.91 Å². The third-order valence-electron chi connectivity index (χ3n) is 3.90. The molecule has 0 fully saturated rings. The monoisotopic (exact) mass is 306 g/mol. The minimum absolute atomic E-state index is 0.240. The quantitative estimate of drug-likeness (QED) is 0.548. The first kappa shape index (κ1) is 18.4. The Morgan fingerprint density at radius 3 is 2.64 bits per heavy atom. The van der Waals surface area contributed by atoms with Crippen molar-refractivity contribution < 1.29 is 15.0 Å². The Morgan fingerprint density at radius 2 is 2.09 bits per heavy atom. The van der Waals surface area contributed by atoms with E-state index in [-0.39, 0.29) is 25.0 Å². The maximum Gasteiger partial charge on any atom is 0.243 e. The van der Waals surface area contributed by atoms with Crippen LogP contribution < -0.4 is 11.1 Å². The zero-order chi connectivity index (χ0) is 16.7. The third-order valence-corrected chi connectivity index (χ3v) is 3.90. The summed E-state index contributed by atoms with van der Waals surface area (Å²) in [6, 6.07) is 5.13. The van der Waals surface area contributed by atoms with Crippen LogP contribution >= 0.6 is 0 Å². The van der Waals surface area contributed by atoms with Crippen molar-refractivity contribution in [1.82, 2.24) is 5.32 Å². The molecule has 0 radical (unpaired) electrons. The largest absolute Gasteiger partial charge is 0.393 e. The molecule has 0 aliphatic rings. The van der Waals surface area contributed by atoms with Gasteiger partial charge in [0.2, 0.25) is 5.91 Å². The number of hydrogen-bond donors (Lipinski definition) is 4. The van der Waals surface area contributed by atoms with Gasteiger partial charge in [0, 0.05) is 12.6 Å². The molecular formula is C17H26N2O3. The first-order valence-corrected chi connectivity index (χ1v) is 7.53. The van der Waals surface area contributed by atoms with Crippen molar-refractivity contribution in [2.24, 2.45) is 5.73 Å². The van der Waals surface area contributed by atoms with Gasteiger partial charge in [0.1, 0.15) is 6.10 Å². The van der Waals surface area contributed by atoms with Crippen molar-refractivity contribution in [1.29, 1.82) is 0 Å². The number of rotatable bonds is 8. The Bertz CT molecular complexity index is 488. The second-order valence-corrected chi connectivity index (χ2v) is 5.41. The fourth-order valence-electron chi connectivity index (χ4n) is 2.45. The summed E-state index contributed by atoms with van der Waals surface area (Å²) in [5, 5.41) is 22.0. The van der Waals surface area contributed by atoms with Gasteiger partial charge in [-0.2, -0.15) is 0 Å². The molecule has 0 spiro atoms. The minimum Gasteiger partial charge on any atom is -0.393 e. The molecule has 0 bridgehead atoms. The van der Waals surface area contributed by atoms with Crippen molar-refractivity contribution in [2.45, 2.75) is 38.3 Å². The topological polar surface area (TPSA) is 95.6 Å². The van der Waals surface area contributed by atoms with E-state index in [9.17, 15) is 15.0 Å². The molecule has 0 aliphatic carbocycles. The number of nitrogens with one attached hydrogen (secondary N) is 1. The van der Waals surface area contributed by atoms with Crippen molar-refractivity contribution in [3.8, 4) is 0 Å². The van der Waals surface area contributed by atoms with Gasteiger partial charge in [-0.15, -0.1) is 0 Å². The van der Waals surface area contributed by atoms with E-state index in [1.54, 1.807) is 6.07 Å². The summed E-state index contributed by atoms with van der Waals surface area (Å²) in [6.07, 6.45) is 1.13. The third kappa shape index (κ3) is 4.40. The molecule has 0 aromatic heterocycles. The number of aliphatic hydroxyl groups excluding tert-OH is 2. The van der Waals surface area contributed by atoms with Crippen molar-refractivity contribution in [2.75, 3.05) is 13.2 Å². The predicted octanol–water partition coefficient (Wildman–Crippen LogP) is 1.53. The molecule has 0 saturated carbocycles. The fourth-order valence-corrected chi connectivity index (χ4v) is 2.45. The molecule has 0 heterocycles. The van der Waals surface area contributed by atoms with Crippen LogP contribution in [0.25, 0.3) is 0 Å². The fraction of sp³-hybridized carbons (Fsp3) is 0.471. The molecule has 5 heteroatoms. The average Bonchev–Trinajstić information content (AvgIpc) is 2.56.